The van der Waals surface area contributed by atoms with E-state index in [2.05, 4.69) is 4.99 Å². The number of carbonyl (C=O) groups is 1. The van der Waals surface area contributed by atoms with Crippen molar-refractivity contribution in [2.75, 3.05) is 14.1 Å². The van der Waals surface area contributed by atoms with Gasteiger partial charge in [0.15, 0.2) is 0 Å². The van der Waals surface area contributed by atoms with Gasteiger partial charge in [0.2, 0.25) is 5.91 Å². The van der Waals surface area contributed by atoms with E-state index < -0.39 is 0 Å². The van der Waals surface area contributed by atoms with Gasteiger partial charge in [0.25, 0.3) is 5.56 Å². The molecule has 0 saturated carbocycles. The normalized spacial score (nSPS) is 13.3. The van der Waals surface area contributed by atoms with Crippen molar-refractivity contribution in [3.8, 4) is 11.1 Å². The van der Waals surface area contributed by atoms with Gasteiger partial charge in [-0.15, -0.1) is 0 Å². The molecule has 1 aliphatic rings. The lowest BCUT2D eigenvalue weighted by Crippen LogP contribution is -2.25. The fourth-order valence-electron chi connectivity index (χ4n) is 3.71. The van der Waals surface area contributed by atoms with Gasteiger partial charge in [-0.05, 0) is 53.8 Å². The fraction of sp³-hybridized carbons (Fsp3) is 0.208. The van der Waals surface area contributed by atoms with Crippen LogP contribution in [0, 0.1) is 0 Å². The molecule has 3 aromatic rings. The highest BCUT2D eigenvalue weighted by molar-refractivity contribution is 6.05. The number of carbonyl (C=O) groups excluding carboxylic acids is 1. The van der Waals surface area contributed by atoms with Gasteiger partial charge in [-0.2, -0.15) is 0 Å². The zero-order valence-corrected chi connectivity index (χ0v) is 17.3. The number of nitrogens with zero attached hydrogens (tertiary/aromatic N) is 3. The molecule has 1 aromatic heterocycles. The first-order valence-corrected chi connectivity index (χ1v) is 9.90. The van der Waals surface area contributed by atoms with Crippen LogP contribution < -0.4 is 11.3 Å². The Kier molecular flexibility index (Phi) is 4.99. The van der Waals surface area contributed by atoms with E-state index in [1.54, 1.807) is 23.6 Å². The van der Waals surface area contributed by atoms with Gasteiger partial charge < -0.3 is 15.2 Å². The van der Waals surface area contributed by atoms with Crippen LogP contribution in [0.4, 0.5) is 5.69 Å². The van der Waals surface area contributed by atoms with Crippen LogP contribution in [0.1, 0.15) is 18.9 Å². The van der Waals surface area contributed by atoms with E-state index in [4.69, 9.17) is 5.73 Å². The van der Waals surface area contributed by atoms with Crippen molar-refractivity contribution in [3.63, 3.8) is 0 Å². The average molecular weight is 400 g/mol. The second-order valence-corrected chi connectivity index (χ2v) is 7.63. The summed E-state index contributed by atoms with van der Waals surface area (Å²) in [5.74, 6) is 0.336. The molecule has 30 heavy (non-hydrogen) atoms. The van der Waals surface area contributed by atoms with E-state index >= 15 is 0 Å². The highest BCUT2D eigenvalue weighted by Gasteiger charge is 2.18. The Morgan fingerprint density at radius 1 is 1.13 bits per heavy atom. The number of hydrogen-bond donors (Lipinski definition) is 1. The molecule has 2 heterocycles. The van der Waals surface area contributed by atoms with E-state index in [1.165, 1.54) is 0 Å². The van der Waals surface area contributed by atoms with Crippen LogP contribution in [-0.4, -0.2) is 35.3 Å². The third-order valence-corrected chi connectivity index (χ3v) is 5.33. The van der Waals surface area contributed by atoms with Gasteiger partial charge in [-0.25, -0.2) is 4.99 Å². The van der Waals surface area contributed by atoms with E-state index in [-0.39, 0.29) is 11.5 Å². The molecule has 4 rings (SSSR count). The molecule has 6 heteroatoms. The largest absolute Gasteiger partial charge is 0.387 e. The molecule has 0 aliphatic carbocycles. The van der Waals surface area contributed by atoms with Gasteiger partial charge in [-0.3, -0.25) is 9.59 Å². The van der Waals surface area contributed by atoms with Crippen molar-refractivity contribution in [2.45, 2.75) is 19.9 Å². The van der Waals surface area contributed by atoms with Gasteiger partial charge in [0.1, 0.15) is 5.84 Å². The molecule has 2 N–H and O–H groups in total. The molecule has 0 atom stereocenters. The molecule has 152 valence electrons. The Morgan fingerprint density at radius 3 is 2.60 bits per heavy atom. The Hall–Kier alpha value is -3.67. The van der Waals surface area contributed by atoms with E-state index in [9.17, 15) is 9.59 Å². The minimum Gasteiger partial charge on any atom is -0.387 e. The van der Waals surface area contributed by atoms with Crippen molar-refractivity contribution >= 4 is 34.3 Å². The minimum absolute atomic E-state index is 0.0177. The van der Waals surface area contributed by atoms with Gasteiger partial charge in [0.05, 0.1) is 5.69 Å². The molecule has 2 aromatic carbocycles. The maximum Gasteiger partial charge on any atom is 0.258 e. The van der Waals surface area contributed by atoms with Gasteiger partial charge >= 0.3 is 0 Å². The number of rotatable bonds is 3. The van der Waals surface area contributed by atoms with E-state index in [0.29, 0.717) is 29.8 Å². The van der Waals surface area contributed by atoms with Crippen molar-refractivity contribution in [1.82, 2.24) is 9.47 Å². The fourth-order valence-corrected chi connectivity index (χ4v) is 3.71. The summed E-state index contributed by atoms with van der Waals surface area (Å²) in [6.45, 7) is 2.60. The smallest absolute Gasteiger partial charge is 0.258 e. The maximum atomic E-state index is 12.5. The molecule has 0 fully saturated rings. The summed E-state index contributed by atoms with van der Waals surface area (Å²) in [5, 5.41) is 1.61. The third-order valence-electron chi connectivity index (χ3n) is 5.33. The maximum absolute atomic E-state index is 12.5. The second-order valence-electron chi connectivity index (χ2n) is 7.63. The number of benzene rings is 2. The monoisotopic (exact) mass is 400 g/mol. The van der Waals surface area contributed by atoms with Crippen molar-refractivity contribution in [1.29, 1.82) is 0 Å². The number of hydrogen-bond acceptors (Lipinski definition) is 4. The SMILES string of the molecule is CCn1ccc2cc(-c3ccc4c(c3)N=C(N)CC(C(=O)N(C)C)=C4)ccc2c1=O. The standard InChI is InChI=1S/C24H24N4O2/c1-4-28-10-9-17-11-15(7-8-20(17)24(28)30)16-5-6-18-12-19(23(29)27(2)3)14-22(25)26-21(18)13-16/h5-13H,4,14H2,1-3H3,(H2,25,26). The first-order valence-electron chi connectivity index (χ1n) is 9.90. The zero-order chi connectivity index (χ0) is 21.4. The highest BCUT2D eigenvalue weighted by atomic mass is 16.2. The Morgan fingerprint density at radius 2 is 1.87 bits per heavy atom. The van der Waals surface area contributed by atoms with Crippen molar-refractivity contribution in [2.24, 2.45) is 10.7 Å². The molecule has 6 nitrogen and oxygen atoms in total. The number of pyridine rings is 1. The summed E-state index contributed by atoms with van der Waals surface area (Å²) in [4.78, 5) is 31.0. The summed E-state index contributed by atoms with van der Waals surface area (Å²) in [6.07, 6.45) is 4.00. The summed E-state index contributed by atoms with van der Waals surface area (Å²) >= 11 is 0. The Bertz CT molecular complexity index is 1280. The Labute approximate surface area is 175 Å². The predicted octanol–water partition coefficient (Wildman–Crippen LogP) is 3.55. The summed E-state index contributed by atoms with van der Waals surface area (Å²) in [5.41, 5.74) is 10.3. The van der Waals surface area contributed by atoms with Crippen LogP contribution in [-0.2, 0) is 11.3 Å². The molecule has 0 spiro atoms. The molecule has 0 saturated heterocycles. The van der Waals surface area contributed by atoms with Crippen molar-refractivity contribution < 1.29 is 4.79 Å². The number of aromatic nitrogens is 1. The second kappa shape index (κ2) is 7.63. The van der Waals surface area contributed by atoms with E-state index in [1.807, 2.05) is 61.7 Å². The van der Waals surface area contributed by atoms with Crippen molar-refractivity contribution in [3.05, 3.63) is 70.2 Å². The topological polar surface area (TPSA) is 80.7 Å². The summed E-state index contributed by atoms with van der Waals surface area (Å²) < 4.78 is 1.70. The number of likely N-dealkylation sites (N-methyl/N-ethyl adjacent to an activating group) is 1. The first kappa shape index (κ1) is 19.6. The van der Waals surface area contributed by atoms with Crippen LogP contribution in [0.15, 0.2) is 64.0 Å². The number of fused-ring (bicyclic) bond motifs is 2. The number of amidine groups is 1. The molecule has 0 bridgehead atoms. The van der Waals surface area contributed by atoms with Crippen LogP contribution in [0.2, 0.25) is 0 Å². The molecule has 1 aliphatic heterocycles. The number of nitrogens with two attached hydrogens (primary N) is 1. The van der Waals surface area contributed by atoms with E-state index in [0.717, 1.165) is 27.8 Å². The van der Waals surface area contributed by atoms with Crippen LogP contribution >= 0.6 is 0 Å². The lowest BCUT2D eigenvalue weighted by molar-refractivity contribution is -0.124. The third kappa shape index (κ3) is 3.52. The lowest BCUT2D eigenvalue weighted by Gasteiger charge is -2.12. The zero-order valence-electron chi connectivity index (χ0n) is 17.3. The molecular formula is C24H24N4O2. The van der Waals surface area contributed by atoms with Crippen LogP contribution in [0.3, 0.4) is 0 Å². The lowest BCUT2D eigenvalue weighted by atomic mass is 9.99. The quantitative estimate of drug-likeness (QED) is 0.730. The first-order chi connectivity index (χ1) is 14.4. The number of aryl methyl sites for hydroxylation is 1. The highest BCUT2D eigenvalue weighted by Crippen LogP contribution is 2.32. The molecule has 0 unspecified atom stereocenters. The average Bonchev–Trinajstić information content (AvgIpc) is 2.90. The van der Waals surface area contributed by atoms with Gasteiger partial charge in [0, 0.05) is 49.8 Å². The predicted molar refractivity (Wildman–Crippen MR) is 122 cm³/mol. The van der Waals surface area contributed by atoms with Crippen LogP contribution in [0.25, 0.3) is 28.0 Å². The molecule has 1 amide bonds. The minimum atomic E-state index is -0.0719. The molecule has 0 radical (unpaired) electrons. The van der Waals surface area contributed by atoms with Gasteiger partial charge in [-0.1, -0.05) is 18.2 Å². The number of aliphatic imine (C=N–C) groups is 1. The summed E-state index contributed by atoms with van der Waals surface area (Å²) in [7, 11) is 3.45. The molecular weight excluding hydrogens is 376 g/mol. The van der Waals surface area contributed by atoms with Crippen LogP contribution in [0.5, 0.6) is 0 Å². The number of amides is 1. The summed E-state index contributed by atoms with van der Waals surface area (Å²) in [6, 6.07) is 13.7. The Balaban J connectivity index is 1.79.